The second-order valence-corrected chi connectivity index (χ2v) is 6.29. The number of hydrogen-bond acceptors (Lipinski definition) is 4. The molecule has 2 aromatic rings. The molecule has 1 aliphatic heterocycles. The van der Waals surface area contributed by atoms with Crippen molar-refractivity contribution in [3.8, 4) is 0 Å². The van der Waals surface area contributed by atoms with Gasteiger partial charge in [0.25, 0.3) is 0 Å². The number of benzene rings is 2. The lowest BCUT2D eigenvalue weighted by Crippen LogP contribution is -2.18. The lowest BCUT2D eigenvalue weighted by molar-refractivity contribution is 0.0600. The number of esters is 1. The van der Waals surface area contributed by atoms with Crippen molar-refractivity contribution < 1.29 is 14.3 Å². The molecule has 0 unspecified atom stereocenters. The Bertz CT molecular complexity index is 832. The van der Waals surface area contributed by atoms with Gasteiger partial charge in [-0.25, -0.2) is 4.79 Å². The van der Waals surface area contributed by atoms with Crippen molar-refractivity contribution in [1.29, 1.82) is 0 Å². The average molecular weight is 321 g/mol. The fourth-order valence-electron chi connectivity index (χ4n) is 2.90. The van der Waals surface area contributed by atoms with E-state index in [9.17, 15) is 9.59 Å². The lowest BCUT2D eigenvalue weighted by atomic mass is 9.83. The van der Waals surface area contributed by atoms with Crippen LogP contribution in [0, 0.1) is 0 Å². The number of fused-ring (bicyclic) bond motifs is 1. The van der Waals surface area contributed by atoms with Crippen molar-refractivity contribution in [3.05, 3.63) is 77.0 Å². The van der Waals surface area contributed by atoms with E-state index in [0.717, 1.165) is 11.4 Å². The Kier molecular flexibility index (Phi) is 3.97. The second kappa shape index (κ2) is 5.96. The first-order valence-electron chi connectivity index (χ1n) is 7.75. The Morgan fingerprint density at radius 3 is 2.25 bits per heavy atom. The number of rotatable bonds is 3. The summed E-state index contributed by atoms with van der Waals surface area (Å²) in [7, 11) is 1.33. The summed E-state index contributed by atoms with van der Waals surface area (Å²) in [6, 6.07) is 14.5. The molecule has 3 rings (SSSR count). The minimum atomic E-state index is -0.415. The van der Waals surface area contributed by atoms with Crippen LogP contribution in [0.15, 0.2) is 60.3 Å². The molecule has 1 aliphatic rings. The van der Waals surface area contributed by atoms with E-state index < -0.39 is 5.97 Å². The summed E-state index contributed by atoms with van der Waals surface area (Å²) < 4.78 is 4.66. The quantitative estimate of drug-likeness (QED) is 0.528. The van der Waals surface area contributed by atoms with Crippen LogP contribution < -0.4 is 5.32 Å². The molecule has 0 fully saturated rings. The van der Waals surface area contributed by atoms with Crippen molar-refractivity contribution >= 4 is 17.4 Å². The lowest BCUT2D eigenvalue weighted by Gasteiger charge is -2.20. The van der Waals surface area contributed by atoms with Gasteiger partial charge in [0.15, 0.2) is 5.78 Å². The molecule has 0 amide bonds. The van der Waals surface area contributed by atoms with Gasteiger partial charge in [-0.05, 0) is 23.8 Å². The van der Waals surface area contributed by atoms with Gasteiger partial charge >= 0.3 is 5.97 Å². The fourth-order valence-corrected chi connectivity index (χ4v) is 2.90. The molecule has 1 heterocycles. The topological polar surface area (TPSA) is 55.4 Å². The highest BCUT2D eigenvalue weighted by molar-refractivity contribution is 6.06. The summed E-state index contributed by atoms with van der Waals surface area (Å²) in [6.45, 7) is 4.18. The molecule has 0 saturated carbocycles. The number of ketones is 1. The second-order valence-electron chi connectivity index (χ2n) is 6.29. The monoisotopic (exact) mass is 321 g/mol. The third kappa shape index (κ3) is 2.71. The number of ether oxygens (including phenoxy) is 1. The first-order chi connectivity index (χ1) is 11.4. The van der Waals surface area contributed by atoms with Gasteiger partial charge in [-0.2, -0.15) is 0 Å². The Balaban J connectivity index is 1.87. The highest BCUT2D eigenvalue weighted by atomic mass is 16.5. The maximum atomic E-state index is 12.6. The zero-order valence-electron chi connectivity index (χ0n) is 13.9. The van der Waals surface area contributed by atoms with Gasteiger partial charge < -0.3 is 10.1 Å². The van der Waals surface area contributed by atoms with Gasteiger partial charge in [0.2, 0.25) is 0 Å². The van der Waals surface area contributed by atoms with E-state index in [4.69, 9.17) is 0 Å². The van der Waals surface area contributed by atoms with E-state index in [-0.39, 0.29) is 11.2 Å². The Hall–Kier alpha value is -2.88. The summed E-state index contributed by atoms with van der Waals surface area (Å²) >= 11 is 0. The van der Waals surface area contributed by atoms with Crippen LogP contribution >= 0.6 is 0 Å². The predicted molar refractivity (Wildman–Crippen MR) is 93.3 cm³/mol. The van der Waals surface area contributed by atoms with Crippen LogP contribution in [0.1, 0.15) is 40.1 Å². The van der Waals surface area contributed by atoms with Crippen molar-refractivity contribution in [3.63, 3.8) is 0 Å². The number of anilines is 1. The minimum Gasteiger partial charge on any atom is -0.465 e. The van der Waals surface area contributed by atoms with E-state index in [1.165, 1.54) is 12.7 Å². The highest BCUT2D eigenvalue weighted by Crippen LogP contribution is 2.42. The Morgan fingerprint density at radius 1 is 1.00 bits per heavy atom. The Morgan fingerprint density at radius 2 is 1.62 bits per heavy atom. The van der Waals surface area contributed by atoms with E-state index in [2.05, 4.69) is 30.0 Å². The van der Waals surface area contributed by atoms with Gasteiger partial charge in [-0.1, -0.05) is 44.2 Å². The molecule has 0 saturated heterocycles. The molecule has 0 aromatic heterocycles. The maximum absolute atomic E-state index is 12.6. The molecule has 0 radical (unpaired) electrons. The van der Waals surface area contributed by atoms with Gasteiger partial charge in [-0.3, -0.25) is 4.79 Å². The van der Waals surface area contributed by atoms with E-state index in [1.54, 1.807) is 30.3 Å². The highest BCUT2D eigenvalue weighted by Gasteiger charge is 2.34. The van der Waals surface area contributed by atoms with Crippen molar-refractivity contribution in [2.24, 2.45) is 0 Å². The number of hydrogen-bond donors (Lipinski definition) is 1. The van der Waals surface area contributed by atoms with E-state index in [0.29, 0.717) is 11.1 Å². The van der Waals surface area contributed by atoms with Crippen molar-refractivity contribution in [2.75, 3.05) is 12.4 Å². The largest absolute Gasteiger partial charge is 0.465 e. The summed E-state index contributed by atoms with van der Waals surface area (Å²) in [5.41, 5.74) is 3.77. The minimum absolute atomic E-state index is 0.102. The molecule has 0 atom stereocenters. The van der Waals surface area contributed by atoms with Crippen LogP contribution in [0.5, 0.6) is 0 Å². The van der Waals surface area contributed by atoms with Gasteiger partial charge in [0, 0.05) is 28.4 Å². The third-order valence-electron chi connectivity index (χ3n) is 4.41. The van der Waals surface area contributed by atoms with Crippen molar-refractivity contribution in [1.82, 2.24) is 0 Å². The number of methoxy groups -OCH3 is 1. The van der Waals surface area contributed by atoms with Crippen LogP contribution in [-0.4, -0.2) is 18.9 Å². The molecule has 24 heavy (non-hydrogen) atoms. The normalized spacial score (nSPS) is 16.4. The van der Waals surface area contributed by atoms with Crippen LogP contribution in [0.3, 0.4) is 0 Å². The number of nitrogens with one attached hydrogen (secondary N) is 1. The molecule has 2 aromatic carbocycles. The van der Waals surface area contributed by atoms with E-state index >= 15 is 0 Å². The van der Waals surface area contributed by atoms with Crippen LogP contribution in [0.4, 0.5) is 5.69 Å². The molecule has 1 N–H and O–H groups in total. The summed E-state index contributed by atoms with van der Waals surface area (Å²) in [5, 5.41) is 3.33. The number of carbonyl (C=O) groups is 2. The first-order valence-corrected chi connectivity index (χ1v) is 7.75. The van der Waals surface area contributed by atoms with Crippen LogP contribution in [0.25, 0.3) is 0 Å². The number of para-hydroxylation sites is 1. The Labute approximate surface area is 141 Å². The number of allylic oxidation sites excluding steroid dienone is 2. The third-order valence-corrected chi connectivity index (χ3v) is 4.41. The SMILES string of the molecule is COC(=O)c1ccc(C(=O)/C=C2\Nc3ccccc3C2(C)C)cc1. The molecule has 122 valence electrons. The van der Waals surface area contributed by atoms with Gasteiger partial charge in [-0.15, -0.1) is 0 Å². The zero-order valence-corrected chi connectivity index (χ0v) is 13.9. The van der Waals surface area contributed by atoms with Gasteiger partial charge in [0.1, 0.15) is 0 Å². The predicted octanol–water partition coefficient (Wildman–Crippen LogP) is 3.94. The van der Waals surface area contributed by atoms with Crippen LogP contribution in [-0.2, 0) is 10.2 Å². The summed E-state index contributed by atoms with van der Waals surface area (Å²) in [6.07, 6.45) is 1.63. The standard InChI is InChI=1S/C20H19NO3/c1-20(2)15-6-4-5-7-16(15)21-18(20)12-17(22)13-8-10-14(11-9-13)19(23)24-3/h4-12,21H,1-3H3/b18-12-. The molecule has 4 heteroatoms. The molecule has 4 nitrogen and oxygen atoms in total. The summed E-state index contributed by atoms with van der Waals surface area (Å²) in [4.78, 5) is 24.0. The maximum Gasteiger partial charge on any atom is 0.337 e. The summed E-state index contributed by atoms with van der Waals surface area (Å²) in [5.74, 6) is -0.517. The van der Waals surface area contributed by atoms with E-state index in [1.807, 2.05) is 18.2 Å². The van der Waals surface area contributed by atoms with Crippen molar-refractivity contribution in [2.45, 2.75) is 19.3 Å². The average Bonchev–Trinajstić information content (AvgIpc) is 2.85. The first kappa shape index (κ1) is 16.0. The van der Waals surface area contributed by atoms with Crippen LogP contribution in [0.2, 0.25) is 0 Å². The fraction of sp³-hybridized carbons (Fsp3) is 0.200. The molecule has 0 bridgehead atoms. The molecule has 0 spiro atoms. The number of carbonyl (C=O) groups excluding carboxylic acids is 2. The zero-order chi connectivity index (χ0) is 17.3. The smallest absolute Gasteiger partial charge is 0.337 e. The molecular formula is C20H19NO3. The molecule has 0 aliphatic carbocycles. The van der Waals surface area contributed by atoms with Gasteiger partial charge in [0.05, 0.1) is 12.7 Å². The molecular weight excluding hydrogens is 302 g/mol.